The van der Waals surface area contributed by atoms with Crippen molar-refractivity contribution >= 4 is 0 Å². The van der Waals surface area contributed by atoms with E-state index in [1.807, 2.05) is 0 Å². The molecule has 0 radical (unpaired) electrons. The lowest BCUT2D eigenvalue weighted by atomic mass is 9.79. The Morgan fingerprint density at radius 3 is 2.84 bits per heavy atom. The Balaban J connectivity index is 2.11. The first kappa shape index (κ1) is 15.3. The minimum absolute atomic E-state index is 0.201. The number of hydrogen-bond acceptors (Lipinski definition) is 3. The van der Waals surface area contributed by atoms with E-state index in [4.69, 9.17) is 10.5 Å². The molecule has 2 aliphatic rings. The second-order valence-electron chi connectivity index (χ2n) is 6.72. The quantitative estimate of drug-likeness (QED) is 0.852. The summed E-state index contributed by atoms with van der Waals surface area (Å²) in [4.78, 5) is 2.73. The topological polar surface area (TPSA) is 38.5 Å². The zero-order valence-corrected chi connectivity index (χ0v) is 13.0. The molecular weight excluding hydrogens is 236 g/mol. The maximum Gasteiger partial charge on any atom is 0.0593 e. The van der Waals surface area contributed by atoms with E-state index in [1.54, 1.807) is 0 Å². The highest BCUT2D eigenvalue weighted by Crippen LogP contribution is 2.37. The van der Waals surface area contributed by atoms with Gasteiger partial charge in [-0.25, -0.2) is 0 Å². The molecule has 112 valence electrons. The van der Waals surface area contributed by atoms with E-state index in [0.717, 1.165) is 31.9 Å². The van der Waals surface area contributed by atoms with Gasteiger partial charge in [0.1, 0.15) is 0 Å². The summed E-state index contributed by atoms with van der Waals surface area (Å²) in [5.41, 5.74) is 6.44. The molecule has 0 bridgehead atoms. The van der Waals surface area contributed by atoms with E-state index in [0.29, 0.717) is 12.1 Å². The second-order valence-corrected chi connectivity index (χ2v) is 6.72. The van der Waals surface area contributed by atoms with E-state index in [2.05, 4.69) is 25.7 Å². The van der Waals surface area contributed by atoms with Crippen molar-refractivity contribution in [2.45, 2.75) is 77.0 Å². The van der Waals surface area contributed by atoms with Crippen LogP contribution in [0, 0.1) is 5.92 Å². The molecule has 2 N–H and O–H groups in total. The number of ether oxygens (including phenoxy) is 1. The van der Waals surface area contributed by atoms with Gasteiger partial charge in [-0.05, 0) is 51.5 Å². The standard InChI is InChI=1S/C16H32N2O/c1-4-6-15-11-16(12-17,8-10-19-15)18-9-5-7-13(2)14(18)3/h13-15H,4-12,17H2,1-3H3. The van der Waals surface area contributed by atoms with Crippen molar-refractivity contribution in [1.29, 1.82) is 0 Å². The summed E-state index contributed by atoms with van der Waals surface area (Å²) in [6.07, 6.45) is 7.75. The first-order valence-corrected chi connectivity index (χ1v) is 8.21. The van der Waals surface area contributed by atoms with Crippen LogP contribution in [-0.2, 0) is 4.74 Å². The zero-order chi connectivity index (χ0) is 13.9. The molecule has 4 unspecified atom stereocenters. The third kappa shape index (κ3) is 3.14. The monoisotopic (exact) mass is 268 g/mol. The van der Waals surface area contributed by atoms with Crippen molar-refractivity contribution < 1.29 is 4.74 Å². The Morgan fingerprint density at radius 1 is 1.37 bits per heavy atom. The maximum absolute atomic E-state index is 6.24. The second kappa shape index (κ2) is 6.55. The van der Waals surface area contributed by atoms with E-state index < -0.39 is 0 Å². The van der Waals surface area contributed by atoms with Crippen molar-refractivity contribution in [3.8, 4) is 0 Å². The highest BCUT2D eigenvalue weighted by atomic mass is 16.5. The zero-order valence-electron chi connectivity index (χ0n) is 13.0. The highest BCUT2D eigenvalue weighted by molar-refractivity contribution is 5.00. The molecule has 2 heterocycles. The van der Waals surface area contributed by atoms with Gasteiger partial charge >= 0.3 is 0 Å². The Kier molecular flexibility index (Phi) is 5.27. The smallest absolute Gasteiger partial charge is 0.0593 e. The van der Waals surface area contributed by atoms with E-state index >= 15 is 0 Å². The highest BCUT2D eigenvalue weighted by Gasteiger charge is 2.44. The first-order chi connectivity index (χ1) is 9.13. The predicted molar refractivity (Wildman–Crippen MR) is 80.2 cm³/mol. The van der Waals surface area contributed by atoms with Gasteiger partial charge in [0, 0.05) is 24.7 Å². The molecule has 0 aromatic rings. The Labute approximate surface area is 118 Å². The molecule has 4 atom stereocenters. The molecule has 2 fully saturated rings. The fourth-order valence-electron chi connectivity index (χ4n) is 4.08. The van der Waals surface area contributed by atoms with Crippen molar-refractivity contribution in [2.75, 3.05) is 19.7 Å². The van der Waals surface area contributed by atoms with Crippen LogP contribution in [0.5, 0.6) is 0 Å². The largest absolute Gasteiger partial charge is 0.378 e. The average Bonchev–Trinajstić information content (AvgIpc) is 2.42. The van der Waals surface area contributed by atoms with Crippen LogP contribution >= 0.6 is 0 Å². The number of nitrogens with zero attached hydrogens (tertiary/aromatic N) is 1. The van der Waals surface area contributed by atoms with Crippen LogP contribution in [0.4, 0.5) is 0 Å². The van der Waals surface area contributed by atoms with Crippen LogP contribution in [-0.4, -0.2) is 42.3 Å². The van der Waals surface area contributed by atoms with E-state index in [-0.39, 0.29) is 5.54 Å². The molecule has 0 aliphatic carbocycles. The van der Waals surface area contributed by atoms with Crippen LogP contribution in [0.25, 0.3) is 0 Å². The summed E-state index contributed by atoms with van der Waals surface area (Å²) in [5, 5.41) is 0. The van der Waals surface area contributed by atoms with Gasteiger partial charge in [-0.1, -0.05) is 20.3 Å². The fraction of sp³-hybridized carbons (Fsp3) is 1.00. The molecule has 3 heteroatoms. The number of piperidine rings is 1. The number of likely N-dealkylation sites (tertiary alicyclic amines) is 1. The van der Waals surface area contributed by atoms with Crippen molar-refractivity contribution in [3.05, 3.63) is 0 Å². The van der Waals surface area contributed by atoms with Gasteiger partial charge < -0.3 is 10.5 Å². The van der Waals surface area contributed by atoms with Crippen LogP contribution in [0.15, 0.2) is 0 Å². The molecule has 0 aromatic carbocycles. The van der Waals surface area contributed by atoms with Crippen LogP contribution in [0.2, 0.25) is 0 Å². The molecule has 0 aromatic heterocycles. The van der Waals surface area contributed by atoms with Crippen LogP contribution in [0.3, 0.4) is 0 Å². The van der Waals surface area contributed by atoms with Crippen molar-refractivity contribution in [3.63, 3.8) is 0 Å². The van der Waals surface area contributed by atoms with Gasteiger partial charge in [0.15, 0.2) is 0 Å². The van der Waals surface area contributed by atoms with E-state index in [9.17, 15) is 0 Å². The van der Waals surface area contributed by atoms with E-state index in [1.165, 1.54) is 32.2 Å². The van der Waals surface area contributed by atoms with Crippen molar-refractivity contribution in [1.82, 2.24) is 4.90 Å². The average molecular weight is 268 g/mol. The summed E-state index contributed by atoms with van der Waals surface area (Å²) >= 11 is 0. The van der Waals surface area contributed by atoms with Gasteiger partial charge in [-0.3, -0.25) is 4.90 Å². The lowest BCUT2D eigenvalue weighted by Gasteiger charge is -2.53. The predicted octanol–water partition coefficient (Wildman–Crippen LogP) is 2.78. The lowest BCUT2D eigenvalue weighted by Crippen LogP contribution is -2.63. The minimum atomic E-state index is 0.201. The molecule has 0 amide bonds. The number of hydrogen-bond donors (Lipinski definition) is 1. The van der Waals surface area contributed by atoms with Gasteiger partial charge in [0.25, 0.3) is 0 Å². The Hall–Kier alpha value is -0.120. The molecule has 2 saturated heterocycles. The van der Waals surface area contributed by atoms with Gasteiger partial charge in [-0.15, -0.1) is 0 Å². The first-order valence-electron chi connectivity index (χ1n) is 8.21. The Morgan fingerprint density at radius 2 is 2.16 bits per heavy atom. The van der Waals surface area contributed by atoms with Gasteiger partial charge in [0.2, 0.25) is 0 Å². The third-order valence-electron chi connectivity index (χ3n) is 5.50. The lowest BCUT2D eigenvalue weighted by molar-refractivity contribution is -0.0983. The normalized spacial score (nSPS) is 41.4. The molecule has 2 rings (SSSR count). The number of rotatable bonds is 4. The van der Waals surface area contributed by atoms with Crippen LogP contribution in [0.1, 0.15) is 59.3 Å². The summed E-state index contributed by atoms with van der Waals surface area (Å²) in [7, 11) is 0. The maximum atomic E-state index is 6.24. The fourth-order valence-corrected chi connectivity index (χ4v) is 4.08. The van der Waals surface area contributed by atoms with Gasteiger partial charge in [0.05, 0.1) is 6.10 Å². The Bertz CT molecular complexity index is 282. The third-order valence-corrected chi connectivity index (χ3v) is 5.50. The summed E-state index contributed by atoms with van der Waals surface area (Å²) < 4.78 is 5.95. The summed E-state index contributed by atoms with van der Waals surface area (Å²) in [6, 6.07) is 0.665. The molecule has 0 saturated carbocycles. The molecule has 2 aliphatic heterocycles. The molecule has 19 heavy (non-hydrogen) atoms. The number of nitrogens with two attached hydrogens (primary N) is 1. The van der Waals surface area contributed by atoms with Crippen LogP contribution < -0.4 is 5.73 Å². The summed E-state index contributed by atoms with van der Waals surface area (Å²) in [5.74, 6) is 0.796. The minimum Gasteiger partial charge on any atom is -0.378 e. The molecular formula is C16H32N2O. The molecule has 3 nitrogen and oxygen atoms in total. The van der Waals surface area contributed by atoms with Crippen molar-refractivity contribution in [2.24, 2.45) is 11.7 Å². The molecule has 0 spiro atoms. The SMILES string of the molecule is CCCC1CC(CN)(N2CCCC(C)C2C)CCO1. The van der Waals surface area contributed by atoms with Gasteiger partial charge in [-0.2, -0.15) is 0 Å². The summed E-state index contributed by atoms with van der Waals surface area (Å²) in [6.45, 7) is 9.93.